The van der Waals surface area contributed by atoms with Crippen LogP contribution in [0.15, 0.2) is 42.5 Å². The Labute approximate surface area is 156 Å². The fourth-order valence-electron chi connectivity index (χ4n) is 3.26. The number of rotatable bonds is 6. The Bertz CT molecular complexity index is 749. The maximum Gasteiger partial charge on any atom is 0.265 e. The van der Waals surface area contributed by atoms with Gasteiger partial charge < -0.3 is 15.0 Å². The topological polar surface area (TPSA) is 41.6 Å². The summed E-state index contributed by atoms with van der Waals surface area (Å²) in [6.07, 6.45) is 2.62. The van der Waals surface area contributed by atoms with Crippen molar-refractivity contribution < 1.29 is 9.53 Å². The van der Waals surface area contributed by atoms with Crippen molar-refractivity contribution in [2.75, 3.05) is 23.3 Å². The van der Waals surface area contributed by atoms with Crippen molar-refractivity contribution in [2.45, 2.75) is 46.1 Å². The van der Waals surface area contributed by atoms with Gasteiger partial charge in [0.05, 0.1) is 0 Å². The highest BCUT2D eigenvalue weighted by Gasteiger charge is 2.20. The first-order chi connectivity index (χ1) is 12.6. The maximum atomic E-state index is 12.6. The van der Waals surface area contributed by atoms with Gasteiger partial charge in [0.15, 0.2) is 6.10 Å². The predicted octanol–water partition coefficient (Wildman–Crippen LogP) is 4.70. The predicted molar refractivity (Wildman–Crippen MR) is 107 cm³/mol. The van der Waals surface area contributed by atoms with Crippen LogP contribution in [0, 0.1) is 13.8 Å². The van der Waals surface area contributed by atoms with E-state index < -0.39 is 6.10 Å². The Hall–Kier alpha value is -2.49. The minimum atomic E-state index is -0.506. The zero-order valence-corrected chi connectivity index (χ0v) is 15.9. The van der Waals surface area contributed by atoms with Crippen molar-refractivity contribution in [1.29, 1.82) is 0 Å². The monoisotopic (exact) mass is 352 g/mol. The summed E-state index contributed by atoms with van der Waals surface area (Å²) >= 11 is 0. The normalized spacial score (nSPS) is 15.0. The van der Waals surface area contributed by atoms with Crippen molar-refractivity contribution in [3.8, 4) is 5.75 Å². The number of amides is 1. The highest BCUT2D eigenvalue weighted by molar-refractivity contribution is 5.94. The molecule has 1 saturated heterocycles. The summed E-state index contributed by atoms with van der Waals surface area (Å²) in [6, 6.07) is 14.1. The molecule has 4 nitrogen and oxygen atoms in total. The van der Waals surface area contributed by atoms with E-state index in [0.29, 0.717) is 6.42 Å². The molecule has 1 N–H and O–H groups in total. The molecule has 4 heteroatoms. The van der Waals surface area contributed by atoms with E-state index in [9.17, 15) is 4.79 Å². The van der Waals surface area contributed by atoms with Crippen molar-refractivity contribution >= 4 is 17.3 Å². The smallest absolute Gasteiger partial charge is 0.265 e. The summed E-state index contributed by atoms with van der Waals surface area (Å²) in [7, 11) is 0. The molecule has 1 atom stereocenters. The standard InChI is InChI=1S/C22H28N2O2/c1-4-20(26-21-15-16(2)7-8-17(21)3)22(25)23-18-9-11-19(12-10-18)24-13-5-6-14-24/h7-12,15,20H,4-6,13-14H2,1-3H3,(H,23,25)/t20-/m0/s1. The van der Waals surface area contributed by atoms with Gasteiger partial charge in [-0.15, -0.1) is 0 Å². The fourth-order valence-corrected chi connectivity index (χ4v) is 3.26. The highest BCUT2D eigenvalue weighted by atomic mass is 16.5. The van der Waals surface area contributed by atoms with E-state index >= 15 is 0 Å². The van der Waals surface area contributed by atoms with E-state index in [4.69, 9.17) is 4.74 Å². The average molecular weight is 352 g/mol. The quantitative estimate of drug-likeness (QED) is 0.819. The van der Waals surface area contributed by atoms with Gasteiger partial charge >= 0.3 is 0 Å². The first kappa shape index (κ1) is 18.3. The van der Waals surface area contributed by atoms with E-state index in [1.165, 1.54) is 18.5 Å². The Kier molecular flexibility index (Phi) is 5.82. The molecule has 3 rings (SSSR count). The number of nitrogens with zero attached hydrogens (tertiary/aromatic N) is 1. The van der Waals surface area contributed by atoms with E-state index in [-0.39, 0.29) is 5.91 Å². The molecule has 1 aliphatic heterocycles. The molecule has 2 aromatic carbocycles. The molecule has 0 spiro atoms. The molecule has 1 aliphatic rings. The molecular formula is C22H28N2O2. The van der Waals surface area contributed by atoms with E-state index in [1.807, 2.05) is 51.1 Å². The van der Waals surface area contributed by atoms with E-state index in [1.54, 1.807) is 0 Å². The van der Waals surface area contributed by atoms with Gasteiger partial charge in [0, 0.05) is 24.5 Å². The number of hydrogen-bond donors (Lipinski definition) is 1. The van der Waals surface area contributed by atoms with Gasteiger partial charge in [0.25, 0.3) is 5.91 Å². The molecule has 138 valence electrons. The molecule has 0 saturated carbocycles. The minimum absolute atomic E-state index is 0.109. The summed E-state index contributed by atoms with van der Waals surface area (Å²) in [5, 5.41) is 2.98. The fraction of sp³-hybridized carbons (Fsp3) is 0.409. The molecule has 2 aromatic rings. The number of hydrogen-bond acceptors (Lipinski definition) is 3. The van der Waals surface area contributed by atoms with Crippen LogP contribution in [0.2, 0.25) is 0 Å². The first-order valence-electron chi connectivity index (χ1n) is 9.46. The van der Waals surface area contributed by atoms with Crippen LogP contribution in [0.5, 0.6) is 5.75 Å². The number of anilines is 2. The number of carbonyl (C=O) groups excluding carboxylic acids is 1. The Morgan fingerprint density at radius 3 is 2.46 bits per heavy atom. The van der Waals surface area contributed by atoms with E-state index in [0.717, 1.165) is 35.7 Å². The summed E-state index contributed by atoms with van der Waals surface area (Å²) in [4.78, 5) is 15.0. The molecule has 26 heavy (non-hydrogen) atoms. The molecule has 0 radical (unpaired) electrons. The first-order valence-corrected chi connectivity index (χ1v) is 9.46. The number of aryl methyl sites for hydroxylation is 2. The van der Waals surface area contributed by atoms with Crippen LogP contribution >= 0.6 is 0 Å². The minimum Gasteiger partial charge on any atom is -0.480 e. The lowest BCUT2D eigenvalue weighted by atomic mass is 10.1. The largest absolute Gasteiger partial charge is 0.480 e. The van der Waals surface area contributed by atoms with Crippen molar-refractivity contribution in [2.24, 2.45) is 0 Å². The summed E-state index contributed by atoms with van der Waals surface area (Å²) in [5.41, 5.74) is 4.19. The molecule has 0 bridgehead atoms. The third-order valence-corrected chi connectivity index (χ3v) is 4.88. The second kappa shape index (κ2) is 8.26. The molecule has 0 aliphatic carbocycles. The SMILES string of the molecule is CC[C@H](Oc1cc(C)ccc1C)C(=O)Nc1ccc(N2CCCC2)cc1. The van der Waals surface area contributed by atoms with Crippen LogP contribution in [-0.4, -0.2) is 25.1 Å². The molecule has 0 aromatic heterocycles. The lowest BCUT2D eigenvalue weighted by Gasteiger charge is -2.20. The van der Waals surface area contributed by atoms with Crippen LogP contribution in [0.1, 0.15) is 37.3 Å². The Morgan fingerprint density at radius 2 is 1.81 bits per heavy atom. The zero-order chi connectivity index (χ0) is 18.5. The van der Waals surface area contributed by atoms with Gasteiger partial charge in [-0.1, -0.05) is 19.1 Å². The van der Waals surface area contributed by atoms with Gasteiger partial charge in [-0.2, -0.15) is 0 Å². The van der Waals surface area contributed by atoms with Crippen LogP contribution in [0.3, 0.4) is 0 Å². The molecule has 1 amide bonds. The number of benzene rings is 2. The summed E-state index contributed by atoms with van der Waals surface area (Å²) < 4.78 is 5.99. The van der Waals surface area contributed by atoms with Crippen LogP contribution in [-0.2, 0) is 4.79 Å². The van der Waals surface area contributed by atoms with Crippen molar-refractivity contribution in [3.05, 3.63) is 53.6 Å². The number of carbonyl (C=O) groups is 1. The van der Waals surface area contributed by atoms with Gasteiger partial charge in [-0.25, -0.2) is 0 Å². The summed E-state index contributed by atoms with van der Waals surface area (Å²) in [6.45, 7) is 8.22. The Balaban J connectivity index is 1.64. The third kappa shape index (κ3) is 4.37. The molecule has 1 fully saturated rings. The second-order valence-electron chi connectivity index (χ2n) is 7.01. The van der Waals surface area contributed by atoms with Crippen molar-refractivity contribution in [1.82, 2.24) is 0 Å². The highest BCUT2D eigenvalue weighted by Crippen LogP contribution is 2.24. The molecular weight excluding hydrogens is 324 g/mol. The lowest BCUT2D eigenvalue weighted by Crippen LogP contribution is -2.32. The van der Waals surface area contributed by atoms with Gasteiger partial charge in [-0.05, 0) is 74.6 Å². The Morgan fingerprint density at radius 1 is 1.12 bits per heavy atom. The summed E-state index contributed by atoms with van der Waals surface area (Å²) in [5.74, 6) is 0.665. The number of ether oxygens (including phenoxy) is 1. The van der Waals surface area contributed by atoms with Crippen LogP contribution in [0.4, 0.5) is 11.4 Å². The molecule has 1 heterocycles. The molecule has 0 unspecified atom stereocenters. The van der Waals surface area contributed by atoms with E-state index in [2.05, 4.69) is 22.3 Å². The third-order valence-electron chi connectivity index (χ3n) is 4.88. The zero-order valence-electron chi connectivity index (χ0n) is 15.9. The van der Waals surface area contributed by atoms with Crippen LogP contribution in [0.25, 0.3) is 0 Å². The van der Waals surface area contributed by atoms with Gasteiger partial charge in [0.1, 0.15) is 5.75 Å². The number of nitrogens with one attached hydrogen (secondary N) is 1. The lowest BCUT2D eigenvalue weighted by molar-refractivity contribution is -0.122. The van der Waals surface area contributed by atoms with Gasteiger partial charge in [-0.3, -0.25) is 4.79 Å². The maximum absolute atomic E-state index is 12.6. The van der Waals surface area contributed by atoms with Gasteiger partial charge in [0.2, 0.25) is 0 Å². The van der Waals surface area contributed by atoms with Crippen molar-refractivity contribution in [3.63, 3.8) is 0 Å². The second-order valence-corrected chi connectivity index (χ2v) is 7.01. The average Bonchev–Trinajstić information content (AvgIpc) is 3.17. The van der Waals surface area contributed by atoms with Crippen LogP contribution < -0.4 is 15.0 Å².